The van der Waals surface area contributed by atoms with Crippen LogP contribution >= 0.6 is 0 Å². The van der Waals surface area contributed by atoms with Gasteiger partial charge in [0, 0.05) is 6.04 Å². The molecule has 1 aromatic carbocycles. The van der Waals surface area contributed by atoms with Gasteiger partial charge in [-0.1, -0.05) is 32.9 Å². The van der Waals surface area contributed by atoms with Crippen LogP contribution in [0.25, 0.3) is 0 Å². The van der Waals surface area contributed by atoms with Gasteiger partial charge in [-0.15, -0.1) is 0 Å². The van der Waals surface area contributed by atoms with Crippen molar-refractivity contribution >= 4 is 0 Å². The maximum absolute atomic E-state index is 12.7. The predicted molar refractivity (Wildman–Crippen MR) is 62.0 cm³/mol. The molecule has 1 nitrogen and oxygen atoms in total. The van der Waals surface area contributed by atoms with Crippen LogP contribution in [0.3, 0.4) is 0 Å². The Bertz CT molecular complexity index is 297. The molecule has 1 rings (SSSR count). The van der Waals surface area contributed by atoms with Crippen LogP contribution < -0.4 is 5.73 Å². The molecule has 0 aliphatic rings. The van der Waals surface area contributed by atoms with E-state index in [0.29, 0.717) is 5.41 Å². The van der Waals surface area contributed by atoms with Gasteiger partial charge < -0.3 is 5.73 Å². The van der Waals surface area contributed by atoms with Gasteiger partial charge in [-0.05, 0) is 36.0 Å². The molecular weight excluding hydrogens is 189 g/mol. The molecule has 1 unspecified atom stereocenters. The van der Waals surface area contributed by atoms with Gasteiger partial charge >= 0.3 is 0 Å². The van der Waals surface area contributed by atoms with Crippen LogP contribution in [0, 0.1) is 11.2 Å². The van der Waals surface area contributed by atoms with Crippen LogP contribution in [0.2, 0.25) is 0 Å². The highest BCUT2D eigenvalue weighted by atomic mass is 19.1. The minimum atomic E-state index is -0.207. The van der Waals surface area contributed by atoms with Crippen molar-refractivity contribution in [1.82, 2.24) is 0 Å². The molecule has 2 N–H and O–H groups in total. The molecule has 0 spiro atoms. The lowest BCUT2D eigenvalue weighted by Gasteiger charge is -2.21. The average molecular weight is 209 g/mol. The molecule has 0 saturated carbocycles. The van der Waals surface area contributed by atoms with Gasteiger partial charge in [-0.2, -0.15) is 0 Å². The summed E-state index contributed by atoms with van der Waals surface area (Å²) in [6, 6.07) is 6.48. The van der Waals surface area contributed by atoms with Crippen molar-refractivity contribution < 1.29 is 4.39 Å². The Morgan fingerprint density at radius 1 is 1.20 bits per heavy atom. The Balaban J connectivity index is 2.54. The second-order valence-electron chi connectivity index (χ2n) is 5.26. The van der Waals surface area contributed by atoms with E-state index in [4.69, 9.17) is 5.73 Å². The number of nitrogens with two attached hydrogens (primary N) is 1. The second kappa shape index (κ2) is 4.75. The van der Waals surface area contributed by atoms with E-state index < -0.39 is 0 Å². The van der Waals surface area contributed by atoms with Crippen molar-refractivity contribution in [1.29, 1.82) is 0 Å². The normalized spacial score (nSPS) is 13.9. The lowest BCUT2D eigenvalue weighted by molar-refractivity contribution is 0.349. The quantitative estimate of drug-likeness (QED) is 0.808. The number of halogens is 1. The molecule has 0 aliphatic heterocycles. The Kier molecular flexibility index (Phi) is 3.86. The lowest BCUT2D eigenvalue weighted by Crippen LogP contribution is -2.14. The molecule has 0 bridgehead atoms. The number of hydrogen-bond donors (Lipinski definition) is 1. The summed E-state index contributed by atoms with van der Waals surface area (Å²) < 4.78 is 12.7. The van der Waals surface area contributed by atoms with Crippen LogP contribution in [-0.4, -0.2) is 0 Å². The fourth-order valence-electron chi connectivity index (χ4n) is 1.47. The van der Waals surface area contributed by atoms with Gasteiger partial charge in [0.1, 0.15) is 5.82 Å². The predicted octanol–water partition coefficient (Wildman–Crippen LogP) is 3.65. The zero-order valence-corrected chi connectivity index (χ0v) is 9.76. The second-order valence-corrected chi connectivity index (χ2v) is 5.26. The van der Waals surface area contributed by atoms with E-state index in [1.807, 2.05) is 0 Å². The summed E-state index contributed by atoms with van der Waals surface area (Å²) in [7, 11) is 0. The molecule has 0 fully saturated rings. The monoisotopic (exact) mass is 209 g/mol. The zero-order chi connectivity index (χ0) is 11.5. The first kappa shape index (κ1) is 12.2. The van der Waals surface area contributed by atoms with E-state index in [2.05, 4.69) is 20.8 Å². The number of rotatable bonds is 3. The van der Waals surface area contributed by atoms with Gasteiger partial charge in [0.05, 0.1) is 0 Å². The SMILES string of the molecule is CC(C)(C)CCC(N)c1ccc(F)cc1. The molecule has 0 aliphatic carbocycles. The lowest BCUT2D eigenvalue weighted by atomic mass is 9.87. The molecule has 2 heteroatoms. The molecule has 0 saturated heterocycles. The summed E-state index contributed by atoms with van der Waals surface area (Å²) in [5.41, 5.74) is 7.35. The topological polar surface area (TPSA) is 26.0 Å². The average Bonchev–Trinajstić information content (AvgIpc) is 2.14. The Labute approximate surface area is 91.5 Å². The molecule has 0 aromatic heterocycles. The molecule has 0 heterocycles. The summed E-state index contributed by atoms with van der Waals surface area (Å²) in [5.74, 6) is -0.207. The standard InChI is InChI=1S/C13H20FN/c1-13(2,3)9-8-12(15)10-4-6-11(14)7-5-10/h4-7,12H,8-9,15H2,1-3H3. The molecule has 84 valence electrons. The molecule has 1 atom stereocenters. The number of hydrogen-bond acceptors (Lipinski definition) is 1. The van der Waals surface area contributed by atoms with Gasteiger partial charge in [0.2, 0.25) is 0 Å². The van der Waals surface area contributed by atoms with E-state index in [9.17, 15) is 4.39 Å². The Morgan fingerprint density at radius 3 is 2.20 bits per heavy atom. The van der Waals surface area contributed by atoms with Crippen molar-refractivity contribution in [3.05, 3.63) is 35.6 Å². The van der Waals surface area contributed by atoms with E-state index in [1.165, 1.54) is 12.1 Å². The third-order valence-electron chi connectivity index (χ3n) is 2.50. The van der Waals surface area contributed by atoms with E-state index in [1.54, 1.807) is 12.1 Å². The maximum atomic E-state index is 12.7. The molecule has 15 heavy (non-hydrogen) atoms. The van der Waals surface area contributed by atoms with Crippen LogP contribution in [0.1, 0.15) is 45.2 Å². The van der Waals surface area contributed by atoms with Gasteiger partial charge in [0.15, 0.2) is 0 Å². The molecule has 0 radical (unpaired) electrons. The largest absolute Gasteiger partial charge is 0.324 e. The highest BCUT2D eigenvalue weighted by Crippen LogP contribution is 2.25. The van der Waals surface area contributed by atoms with Crippen LogP contribution in [0.15, 0.2) is 24.3 Å². The maximum Gasteiger partial charge on any atom is 0.123 e. The Morgan fingerprint density at radius 2 is 1.73 bits per heavy atom. The van der Waals surface area contributed by atoms with E-state index >= 15 is 0 Å². The molecule has 0 amide bonds. The minimum Gasteiger partial charge on any atom is -0.324 e. The van der Waals surface area contributed by atoms with Crippen LogP contribution in [0.4, 0.5) is 4.39 Å². The van der Waals surface area contributed by atoms with Crippen LogP contribution in [0.5, 0.6) is 0 Å². The summed E-state index contributed by atoms with van der Waals surface area (Å²) >= 11 is 0. The first-order valence-electron chi connectivity index (χ1n) is 5.39. The number of benzene rings is 1. The first-order chi connectivity index (χ1) is 6.88. The Hall–Kier alpha value is -0.890. The first-order valence-corrected chi connectivity index (χ1v) is 5.39. The fourth-order valence-corrected chi connectivity index (χ4v) is 1.47. The van der Waals surface area contributed by atoms with Crippen molar-refractivity contribution in [3.63, 3.8) is 0 Å². The highest BCUT2D eigenvalue weighted by Gasteiger charge is 2.13. The summed E-state index contributed by atoms with van der Waals surface area (Å²) in [6.07, 6.45) is 2.01. The molecule has 1 aromatic rings. The van der Waals surface area contributed by atoms with Crippen molar-refractivity contribution in [2.24, 2.45) is 11.1 Å². The van der Waals surface area contributed by atoms with Gasteiger partial charge in [0.25, 0.3) is 0 Å². The third-order valence-corrected chi connectivity index (χ3v) is 2.50. The third kappa shape index (κ3) is 4.43. The summed E-state index contributed by atoms with van der Waals surface area (Å²) in [5, 5.41) is 0. The van der Waals surface area contributed by atoms with Crippen molar-refractivity contribution in [2.45, 2.75) is 39.7 Å². The highest BCUT2D eigenvalue weighted by molar-refractivity contribution is 5.19. The van der Waals surface area contributed by atoms with Gasteiger partial charge in [-0.3, -0.25) is 0 Å². The van der Waals surface area contributed by atoms with Crippen molar-refractivity contribution in [2.75, 3.05) is 0 Å². The smallest absolute Gasteiger partial charge is 0.123 e. The minimum absolute atomic E-state index is 0.0184. The van der Waals surface area contributed by atoms with Crippen LogP contribution in [-0.2, 0) is 0 Å². The zero-order valence-electron chi connectivity index (χ0n) is 9.76. The van der Waals surface area contributed by atoms with E-state index in [-0.39, 0.29) is 11.9 Å². The molecular formula is C13H20FN. The summed E-state index contributed by atoms with van der Waals surface area (Å²) in [6.45, 7) is 6.60. The van der Waals surface area contributed by atoms with Crippen molar-refractivity contribution in [3.8, 4) is 0 Å². The fraction of sp³-hybridized carbons (Fsp3) is 0.538. The van der Waals surface area contributed by atoms with E-state index in [0.717, 1.165) is 18.4 Å². The van der Waals surface area contributed by atoms with Gasteiger partial charge in [-0.25, -0.2) is 4.39 Å². The summed E-state index contributed by atoms with van der Waals surface area (Å²) in [4.78, 5) is 0.